The predicted octanol–water partition coefficient (Wildman–Crippen LogP) is 3.54. The molecule has 136 valence electrons. The number of nitrogens with zero attached hydrogens (tertiary/aromatic N) is 1. The molecule has 0 radical (unpaired) electrons. The van der Waals surface area contributed by atoms with E-state index in [2.05, 4.69) is 26.1 Å². The van der Waals surface area contributed by atoms with Crippen molar-refractivity contribution in [2.75, 3.05) is 23.3 Å². The van der Waals surface area contributed by atoms with Crippen LogP contribution in [0.4, 0.5) is 15.8 Å². The van der Waals surface area contributed by atoms with Crippen molar-refractivity contribution < 1.29 is 14.0 Å². The summed E-state index contributed by atoms with van der Waals surface area (Å²) in [5, 5.41) is 2.79. The molecule has 3 N–H and O–H groups in total. The standard InChI is InChI=1S/C19H19BrFN3O2/c20-13-5-6-15(21)14(11-13)19(26)23-16-3-1-2-4-17(16)24-9-7-12(8-10-24)18(22)25/h1-6,11-12H,7-10H2,(H2,22,25)(H,23,26). The Morgan fingerprint density at radius 3 is 2.54 bits per heavy atom. The molecule has 5 nitrogen and oxygen atoms in total. The smallest absolute Gasteiger partial charge is 0.258 e. The average Bonchev–Trinajstić information content (AvgIpc) is 2.64. The average molecular weight is 420 g/mol. The number of nitrogens with two attached hydrogens (primary N) is 1. The second kappa shape index (κ2) is 7.86. The van der Waals surface area contributed by atoms with Crippen LogP contribution in [0.1, 0.15) is 23.2 Å². The fourth-order valence-corrected chi connectivity index (χ4v) is 3.48. The summed E-state index contributed by atoms with van der Waals surface area (Å²) in [6.45, 7) is 1.34. The second-order valence-corrected chi connectivity index (χ2v) is 7.17. The molecule has 0 spiro atoms. The summed E-state index contributed by atoms with van der Waals surface area (Å²) in [4.78, 5) is 25.9. The van der Waals surface area contributed by atoms with Gasteiger partial charge in [0.15, 0.2) is 0 Å². The van der Waals surface area contributed by atoms with E-state index in [4.69, 9.17) is 5.73 Å². The number of benzene rings is 2. The highest BCUT2D eigenvalue weighted by Crippen LogP contribution is 2.30. The van der Waals surface area contributed by atoms with Gasteiger partial charge in [-0.2, -0.15) is 0 Å². The van der Waals surface area contributed by atoms with Crippen LogP contribution in [0.2, 0.25) is 0 Å². The lowest BCUT2D eigenvalue weighted by Gasteiger charge is -2.33. The minimum absolute atomic E-state index is 0.0263. The zero-order chi connectivity index (χ0) is 18.7. The van der Waals surface area contributed by atoms with Gasteiger partial charge in [0.1, 0.15) is 5.82 Å². The maximum atomic E-state index is 14.0. The number of amides is 2. The number of rotatable bonds is 4. The van der Waals surface area contributed by atoms with Gasteiger partial charge in [0.05, 0.1) is 16.9 Å². The molecule has 1 aliphatic rings. The fraction of sp³-hybridized carbons (Fsp3) is 0.263. The van der Waals surface area contributed by atoms with E-state index in [9.17, 15) is 14.0 Å². The second-order valence-electron chi connectivity index (χ2n) is 6.26. The van der Waals surface area contributed by atoms with Crippen molar-refractivity contribution in [2.45, 2.75) is 12.8 Å². The number of hydrogen-bond acceptors (Lipinski definition) is 3. The number of nitrogens with one attached hydrogen (secondary N) is 1. The normalized spacial score (nSPS) is 14.9. The molecule has 26 heavy (non-hydrogen) atoms. The lowest BCUT2D eigenvalue weighted by molar-refractivity contribution is -0.122. The summed E-state index contributed by atoms with van der Waals surface area (Å²) in [7, 11) is 0. The minimum Gasteiger partial charge on any atom is -0.370 e. The van der Waals surface area contributed by atoms with Gasteiger partial charge in [0, 0.05) is 23.5 Å². The Bertz CT molecular complexity index is 835. The highest BCUT2D eigenvalue weighted by molar-refractivity contribution is 9.10. The van der Waals surface area contributed by atoms with Crippen LogP contribution in [0.3, 0.4) is 0 Å². The van der Waals surface area contributed by atoms with Gasteiger partial charge in [-0.1, -0.05) is 28.1 Å². The van der Waals surface area contributed by atoms with Crippen LogP contribution in [0.5, 0.6) is 0 Å². The molecule has 0 saturated carbocycles. The first kappa shape index (κ1) is 18.4. The molecule has 1 fully saturated rings. The molecule has 7 heteroatoms. The minimum atomic E-state index is -0.578. The Labute approximate surface area is 159 Å². The third kappa shape index (κ3) is 4.04. The quantitative estimate of drug-likeness (QED) is 0.795. The van der Waals surface area contributed by atoms with Gasteiger partial charge in [0.2, 0.25) is 5.91 Å². The first-order chi connectivity index (χ1) is 12.5. The van der Waals surface area contributed by atoms with E-state index in [1.54, 1.807) is 12.1 Å². The molecule has 0 aromatic heterocycles. The Kier molecular flexibility index (Phi) is 5.56. The summed E-state index contributed by atoms with van der Waals surface area (Å²) < 4.78 is 14.6. The zero-order valence-electron chi connectivity index (χ0n) is 14.0. The lowest BCUT2D eigenvalue weighted by atomic mass is 9.96. The first-order valence-electron chi connectivity index (χ1n) is 8.35. The molecule has 2 amide bonds. The molecule has 3 rings (SSSR count). The fourth-order valence-electron chi connectivity index (χ4n) is 3.12. The van der Waals surface area contributed by atoms with E-state index in [-0.39, 0.29) is 17.4 Å². The number of carbonyl (C=O) groups excluding carboxylic acids is 2. The van der Waals surface area contributed by atoms with Crippen LogP contribution in [-0.2, 0) is 4.79 Å². The summed E-state index contributed by atoms with van der Waals surface area (Å²) >= 11 is 3.25. The largest absolute Gasteiger partial charge is 0.370 e. The van der Waals surface area contributed by atoms with Gasteiger partial charge in [-0.15, -0.1) is 0 Å². The van der Waals surface area contributed by atoms with E-state index < -0.39 is 11.7 Å². The van der Waals surface area contributed by atoms with Gasteiger partial charge in [0.25, 0.3) is 5.91 Å². The summed E-state index contributed by atoms with van der Waals surface area (Å²) in [6, 6.07) is 11.6. The monoisotopic (exact) mass is 419 g/mol. The number of hydrogen-bond donors (Lipinski definition) is 2. The van der Waals surface area contributed by atoms with Crippen LogP contribution < -0.4 is 16.0 Å². The van der Waals surface area contributed by atoms with E-state index >= 15 is 0 Å². The van der Waals surface area contributed by atoms with Gasteiger partial charge in [-0.25, -0.2) is 4.39 Å². The lowest BCUT2D eigenvalue weighted by Crippen LogP contribution is -2.38. The number of piperidine rings is 1. The van der Waals surface area contributed by atoms with Gasteiger partial charge in [-0.05, 0) is 43.2 Å². The number of carbonyl (C=O) groups is 2. The molecule has 0 aliphatic carbocycles. The molecule has 2 aromatic rings. The number of anilines is 2. The Morgan fingerprint density at radius 2 is 1.85 bits per heavy atom. The van der Waals surface area contributed by atoms with Crippen LogP contribution in [0, 0.1) is 11.7 Å². The van der Waals surface area contributed by atoms with Crippen molar-refractivity contribution in [3.8, 4) is 0 Å². The van der Waals surface area contributed by atoms with Crippen molar-refractivity contribution in [1.29, 1.82) is 0 Å². The predicted molar refractivity (Wildman–Crippen MR) is 103 cm³/mol. The van der Waals surface area contributed by atoms with Crippen molar-refractivity contribution in [3.05, 3.63) is 58.3 Å². The third-order valence-electron chi connectivity index (χ3n) is 4.56. The first-order valence-corrected chi connectivity index (χ1v) is 9.14. The molecule has 1 aliphatic heterocycles. The molecule has 1 heterocycles. The molecular weight excluding hydrogens is 401 g/mol. The Morgan fingerprint density at radius 1 is 1.15 bits per heavy atom. The Balaban J connectivity index is 1.79. The maximum Gasteiger partial charge on any atom is 0.258 e. The molecule has 0 atom stereocenters. The van der Waals surface area contributed by atoms with Crippen LogP contribution >= 0.6 is 15.9 Å². The summed E-state index contributed by atoms with van der Waals surface area (Å²) in [6.07, 6.45) is 1.36. The Hall–Kier alpha value is -2.41. The van der Waals surface area contributed by atoms with Gasteiger partial charge < -0.3 is 16.0 Å². The summed E-state index contributed by atoms with van der Waals surface area (Å²) in [5.74, 6) is -1.46. The molecule has 1 saturated heterocycles. The number of primary amides is 1. The van der Waals surface area contributed by atoms with E-state index in [0.29, 0.717) is 36.1 Å². The van der Waals surface area contributed by atoms with Gasteiger partial charge in [-0.3, -0.25) is 9.59 Å². The SMILES string of the molecule is NC(=O)C1CCN(c2ccccc2NC(=O)c2cc(Br)ccc2F)CC1. The van der Waals surface area contributed by atoms with E-state index in [1.165, 1.54) is 12.1 Å². The topological polar surface area (TPSA) is 75.4 Å². The van der Waals surface area contributed by atoms with Crippen LogP contribution in [0.15, 0.2) is 46.9 Å². The van der Waals surface area contributed by atoms with Crippen LogP contribution in [0.25, 0.3) is 0 Å². The van der Waals surface area contributed by atoms with Crippen molar-refractivity contribution >= 4 is 39.1 Å². The van der Waals surface area contributed by atoms with Crippen LogP contribution in [-0.4, -0.2) is 24.9 Å². The third-order valence-corrected chi connectivity index (χ3v) is 5.06. The maximum absolute atomic E-state index is 14.0. The van der Waals surface area contributed by atoms with Crippen molar-refractivity contribution in [3.63, 3.8) is 0 Å². The summed E-state index contributed by atoms with van der Waals surface area (Å²) in [5.41, 5.74) is 6.81. The zero-order valence-corrected chi connectivity index (χ0v) is 15.6. The highest BCUT2D eigenvalue weighted by Gasteiger charge is 2.25. The number of halogens is 2. The molecular formula is C19H19BrFN3O2. The molecule has 0 bridgehead atoms. The molecule has 0 unspecified atom stereocenters. The van der Waals surface area contributed by atoms with Crippen molar-refractivity contribution in [1.82, 2.24) is 0 Å². The van der Waals surface area contributed by atoms with E-state index in [0.717, 1.165) is 5.69 Å². The van der Waals surface area contributed by atoms with Gasteiger partial charge >= 0.3 is 0 Å². The molecule has 2 aromatic carbocycles. The number of para-hydroxylation sites is 2. The van der Waals surface area contributed by atoms with Crippen molar-refractivity contribution in [2.24, 2.45) is 11.7 Å². The highest BCUT2D eigenvalue weighted by atomic mass is 79.9. The van der Waals surface area contributed by atoms with E-state index in [1.807, 2.05) is 18.2 Å².